The second-order valence-corrected chi connectivity index (χ2v) is 5.00. The van der Waals surface area contributed by atoms with Crippen LogP contribution in [-0.4, -0.2) is 49.7 Å². The Balaban J connectivity index is 2.43. The maximum atomic E-state index is 11.9. The summed E-state index contributed by atoms with van der Waals surface area (Å²) < 4.78 is 10.4. The third kappa shape index (κ3) is 5.63. The molecule has 22 heavy (non-hydrogen) atoms. The Kier molecular flexibility index (Phi) is 7.22. The van der Waals surface area contributed by atoms with Crippen LogP contribution in [0, 0.1) is 0 Å². The minimum Gasteiger partial charge on any atom is -0.493 e. The van der Waals surface area contributed by atoms with Gasteiger partial charge in [-0.05, 0) is 30.5 Å². The monoisotopic (exact) mass is 309 g/mol. The lowest BCUT2D eigenvalue weighted by Crippen LogP contribution is -2.28. The van der Waals surface area contributed by atoms with Gasteiger partial charge in [0.05, 0.1) is 20.6 Å². The summed E-state index contributed by atoms with van der Waals surface area (Å²) in [6, 6.07) is 5.69. The van der Waals surface area contributed by atoms with Gasteiger partial charge < -0.3 is 19.5 Å². The second kappa shape index (κ2) is 8.92. The van der Waals surface area contributed by atoms with Gasteiger partial charge in [0.15, 0.2) is 11.5 Å². The van der Waals surface area contributed by atoms with Crippen molar-refractivity contribution in [1.29, 1.82) is 0 Å². The van der Waals surface area contributed by atoms with Crippen LogP contribution in [0.25, 0.3) is 0 Å². The van der Waals surface area contributed by atoms with Gasteiger partial charge in [-0.15, -0.1) is 0 Å². The first-order valence-corrected chi connectivity index (χ1v) is 7.14. The zero-order valence-corrected chi connectivity index (χ0v) is 13.3. The van der Waals surface area contributed by atoms with E-state index in [9.17, 15) is 9.59 Å². The number of carboxylic acids is 1. The minimum absolute atomic E-state index is 0.0298. The molecule has 0 radical (unpaired) electrons. The van der Waals surface area contributed by atoms with Crippen molar-refractivity contribution in [2.45, 2.75) is 25.7 Å². The fraction of sp³-hybridized carbons (Fsp3) is 0.500. The highest BCUT2D eigenvalue weighted by atomic mass is 16.5. The van der Waals surface area contributed by atoms with E-state index in [1.54, 1.807) is 21.3 Å². The van der Waals surface area contributed by atoms with E-state index < -0.39 is 5.97 Å². The number of rotatable bonds is 9. The molecule has 1 N–H and O–H groups in total. The molecule has 1 rings (SSSR count). The second-order valence-electron chi connectivity index (χ2n) is 5.00. The molecule has 0 spiro atoms. The first-order valence-electron chi connectivity index (χ1n) is 7.14. The summed E-state index contributed by atoms with van der Waals surface area (Å²) in [6.45, 7) is 0.241. The Bertz CT molecular complexity index is 515. The minimum atomic E-state index is -0.898. The highest BCUT2D eigenvalue weighted by Crippen LogP contribution is 2.28. The van der Waals surface area contributed by atoms with E-state index in [4.69, 9.17) is 14.6 Å². The largest absolute Gasteiger partial charge is 0.493 e. The smallest absolute Gasteiger partial charge is 0.305 e. The topological polar surface area (TPSA) is 76.1 Å². The van der Waals surface area contributed by atoms with E-state index in [1.165, 1.54) is 4.90 Å². The van der Waals surface area contributed by atoms with Gasteiger partial charge in [-0.25, -0.2) is 0 Å². The van der Waals surface area contributed by atoms with Crippen LogP contribution >= 0.6 is 0 Å². The van der Waals surface area contributed by atoms with E-state index in [-0.39, 0.29) is 18.9 Å². The number of hydrogen-bond acceptors (Lipinski definition) is 4. The van der Waals surface area contributed by atoms with Gasteiger partial charge in [0, 0.05) is 20.0 Å². The predicted molar refractivity (Wildman–Crippen MR) is 82.4 cm³/mol. The summed E-state index contributed by atoms with van der Waals surface area (Å²) in [4.78, 5) is 23.8. The van der Waals surface area contributed by atoms with Crippen molar-refractivity contribution in [2.75, 3.05) is 27.8 Å². The summed E-state index contributed by atoms with van der Waals surface area (Å²) in [6.07, 6.45) is 1.81. The van der Waals surface area contributed by atoms with Crippen LogP contribution in [0.4, 0.5) is 0 Å². The van der Waals surface area contributed by atoms with Crippen molar-refractivity contribution in [3.8, 4) is 11.5 Å². The number of carbonyl (C=O) groups is 2. The molecule has 0 fully saturated rings. The number of amides is 1. The van der Waals surface area contributed by atoms with Crippen LogP contribution in [-0.2, 0) is 16.0 Å². The Morgan fingerprint density at radius 1 is 1.14 bits per heavy atom. The zero-order chi connectivity index (χ0) is 16.5. The van der Waals surface area contributed by atoms with Crippen molar-refractivity contribution in [1.82, 2.24) is 4.90 Å². The van der Waals surface area contributed by atoms with E-state index in [1.807, 2.05) is 18.2 Å². The van der Waals surface area contributed by atoms with E-state index in [0.717, 1.165) is 12.0 Å². The molecule has 0 aliphatic rings. The van der Waals surface area contributed by atoms with Gasteiger partial charge in [-0.2, -0.15) is 0 Å². The van der Waals surface area contributed by atoms with E-state index in [2.05, 4.69) is 0 Å². The van der Waals surface area contributed by atoms with Crippen LogP contribution in [0.3, 0.4) is 0 Å². The Morgan fingerprint density at radius 3 is 2.41 bits per heavy atom. The maximum Gasteiger partial charge on any atom is 0.305 e. The lowest BCUT2D eigenvalue weighted by Gasteiger charge is -2.16. The molecule has 1 aromatic rings. The maximum absolute atomic E-state index is 11.9. The molecule has 0 saturated heterocycles. The predicted octanol–water partition coefficient (Wildman–Crippen LogP) is 1.96. The number of benzene rings is 1. The molecule has 6 nitrogen and oxygen atoms in total. The van der Waals surface area contributed by atoms with E-state index >= 15 is 0 Å². The third-order valence-corrected chi connectivity index (χ3v) is 3.39. The molecule has 0 aliphatic heterocycles. The lowest BCUT2D eigenvalue weighted by molar-refractivity contribution is -0.138. The highest BCUT2D eigenvalue weighted by Gasteiger charge is 2.10. The van der Waals surface area contributed by atoms with Crippen LogP contribution in [0.2, 0.25) is 0 Å². The summed E-state index contributed by atoms with van der Waals surface area (Å²) >= 11 is 0. The van der Waals surface area contributed by atoms with Crippen molar-refractivity contribution < 1.29 is 24.2 Å². The number of aliphatic carboxylic acids is 1. The van der Waals surface area contributed by atoms with Crippen molar-refractivity contribution in [3.05, 3.63) is 23.8 Å². The average Bonchev–Trinajstić information content (AvgIpc) is 2.52. The van der Waals surface area contributed by atoms with Gasteiger partial charge >= 0.3 is 5.97 Å². The summed E-state index contributed by atoms with van der Waals surface area (Å²) in [7, 11) is 4.80. The van der Waals surface area contributed by atoms with Crippen LogP contribution in [0.5, 0.6) is 11.5 Å². The molecule has 6 heteroatoms. The Morgan fingerprint density at radius 2 is 1.82 bits per heavy atom. The number of carboxylic acid groups (broad SMARTS) is 1. The molecule has 1 aromatic carbocycles. The van der Waals surface area contributed by atoms with Gasteiger partial charge in [-0.1, -0.05) is 6.07 Å². The molecule has 122 valence electrons. The molecular weight excluding hydrogens is 286 g/mol. The molecule has 0 unspecified atom stereocenters. The number of ether oxygens (including phenoxy) is 2. The number of hydrogen-bond donors (Lipinski definition) is 1. The van der Waals surface area contributed by atoms with E-state index in [0.29, 0.717) is 24.3 Å². The molecule has 1 amide bonds. The summed E-state index contributed by atoms with van der Waals surface area (Å²) in [5.41, 5.74) is 1.07. The molecule has 0 atom stereocenters. The van der Waals surface area contributed by atoms with Gasteiger partial charge in [0.25, 0.3) is 0 Å². The molecule has 0 heterocycles. The summed E-state index contributed by atoms with van der Waals surface area (Å²) in [5.74, 6) is 0.410. The number of methoxy groups -OCH3 is 2. The average molecular weight is 309 g/mol. The first-order chi connectivity index (χ1) is 10.5. The van der Waals surface area contributed by atoms with Crippen molar-refractivity contribution in [2.24, 2.45) is 0 Å². The van der Waals surface area contributed by atoms with Gasteiger partial charge in [0.1, 0.15) is 0 Å². The third-order valence-electron chi connectivity index (χ3n) is 3.39. The molecule has 0 aliphatic carbocycles. The van der Waals surface area contributed by atoms with Crippen LogP contribution in [0.1, 0.15) is 24.8 Å². The standard InChI is InChI=1S/C16H23NO5/c1-17(10-9-16(19)20)15(18)6-4-5-12-7-8-13(21-2)14(11-12)22-3/h7-8,11H,4-6,9-10H2,1-3H3,(H,19,20). The van der Waals surface area contributed by atoms with Crippen molar-refractivity contribution >= 4 is 11.9 Å². The molecule has 0 bridgehead atoms. The number of aryl methyl sites for hydroxylation is 1. The summed E-state index contributed by atoms with van der Waals surface area (Å²) in [5, 5.41) is 8.60. The molecule has 0 aromatic heterocycles. The quantitative estimate of drug-likeness (QED) is 0.754. The fourth-order valence-electron chi connectivity index (χ4n) is 2.06. The normalized spacial score (nSPS) is 10.1. The fourth-order valence-corrected chi connectivity index (χ4v) is 2.06. The number of nitrogens with zero attached hydrogens (tertiary/aromatic N) is 1. The molecule has 0 saturated carbocycles. The van der Waals surface area contributed by atoms with Crippen LogP contribution < -0.4 is 9.47 Å². The zero-order valence-electron chi connectivity index (χ0n) is 13.3. The van der Waals surface area contributed by atoms with Gasteiger partial charge in [0.2, 0.25) is 5.91 Å². The van der Waals surface area contributed by atoms with Crippen LogP contribution in [0.15, 0.2) is 18.2 Å². The lowest BCUT2D eigenvalue weighted by atomic mass is 10.1. The SMILES string of the molecule is COc1ccc(CCCC(=O)N(C)CCC(=O)O)cc1OC. The Labute approximate surface area is 130 Å². The Hall–Kier alpha value is -2.24. The van der Waals surface area contributed by atoms with Crippen molar-refractivity contribution in [3.63, 3.8) is 0 Å². The number of carbonyl (C=O) groups excluding carboxylic acids is 1. The first kappa shape index (κ1) is 17.8. The highest BCUT2D eigenvalue weighted by molar-refractivity contribution is 5.76. The molecular formula is C16H23NO5. The van der Waals surface area contributed by atoms with Gasteiger partial charge in [-0.3, -0.25) is 9.59 Å².